The van der Waals surface area contributed by atoms with Crippen LogP contribution >= 0.6 is 0 Å². The Morgan fingerprint density at radius 1 is 1.30 bits per heavy atom. The topological polar surface area (TPSA) is 56.5 Å². The SMILES string of the molecule is CC[C@H]1CN(C(=O)CCn2c(=O)n(C)c3ccccc32)CCO1. The summed E-state index contributed by atoms with van der Waals surface area (Å²) in [6, 6.07) is 7.66. The molecule has 1 atom stereocenters. The van der Waals surface area contributed by atoms with Gasteiger partial charge in [-0.05, 0) is 18.6 Å². The first-order valence-corrected chi connectivity index (χ1v) is 8.15. The van der Waals surface area contributed by atoms with Crippen molar-refractivity contribution >= 4 is 16.9 Å². The standard InChI is InChI=1S/C17H23N3O3/c1-3-13-12-19(10-11-23-13)16(21)8-9-20-15-7-5-4-6-14(15)18(2)17(20)22/h4-7,13H,3,8-12H2,1-2H3/t13-/m0/s1. The van der Waals surface area contributed by atoms with Crippen LogP contribution in [0.2, 0.25) is 0 Å². The van der Waals surface area contributed by atoms with Crippen LogP contribution in [-0.2, 0) is 23.1 Å². The number of nitrogens with zero attached hydrogens (tertiary/aromatic N) is 3. The Hall–Kier alpha value is -2.08. The molecule has 1 aromatic carbocycles. The third-order valence-corrected chi connectivity index (χ3v) is 4.55. The fraction of sp³-hybridized carbons (Fsp3) is 0.529. The molecule has 0 radical (unpaired) electrons. The van der Waals surface area contributed by atoms with Crippen molar-refractivity contribution in [3.63, 3.8) is 0 Å². The number of aromatic nitrogens is 2. The molecule has 0 spiro atoms. The van der Waals surface area contributed by atoms with Gasteiger partial charge in [0.1, 0.15) is 0 Å². The monoisotopic (exact) mass is 317 g/mol. The third-order valence-electron chi connectivity index (χ3n) is 4.55. The van der Waals surface area contributed by atoms with Crippen molar-refractivity contribution in [1.29, 1.82) is 0 Å². The van der Waals surface area contributed by atoms with Crippen molar-refractivity contribution in [3.05, 3.63) is 34.7 Å². The van der Waals surface area contributed by atoms with Crippen LogP contribution in [-0.4, -0.2) is 45.7 Å². The van der Waals surface area contributed by atoms with Crippen LogP contribution in [0.15, 0.2) is 29.1 Å². The van der Waals surface area contributed by atoms with Crippen LogP contribution < -0.4 is 5.69 Å². The lowest BCUT2D eigenvalue weighted by molar-refractivity contribution is -0.139. The van der Waals surface area contributed by atoms with Crippen molar-refractivity contribution < 1.29 is 9.53 Å². The molecule has 1 amide bonds. The molecule has 0 unspecified atom stereocenters. The van der Waals surface area contributed by atoms with Crippen molar-refractivity contribution in [2.24, 2.45) is 7.05 Å². The molecular weight excluding hydrogens is 294 g/mol. The molecule has 2 aromatic rings. The van der Waals surface area contributed by atoms with E-state index < -0.39 is 0 Å². The Bertz CT molecular complexity index is 762. The van der Waals surface area contributed by atoms with Gasteiger partial charge in [0.2, 0.25) is 5.91 Å². The third kappa shape index (κ3) is 3.03. The molecule has 1 saturated heterocycles. The van der Waals surface area contributed by atoms with Crippen LogP contribution in [0.1, 0.15) is 19.8 Å². The number of hydrogen-bond acceptors (Lipinski definition) is 3. The van der Waals surface area contributed by atoms with Gasteiger partial charge in [0.25, 0.3) is 0 Å². The quantitative estimate of drug-likeness (QED) is 0.856. The molecule has 1 aliphatic rings. The maximum atomic E-state index is 12.4. The zero-order valence-electron chi connectivity index (χ0n) is 13.7. The number of carbonyl (C=O) groups excluding carboxylic acids is 1. The minimum atomic E-state index is -0.0765. The second kappa shape index (κ2) is 6.58. The van der Waals surface area contributed by atoms with Gasteiger partial charge in [-0.25, -0.2) is 4.79 Å². The normalized spacial score (nSPS) is 18.5. The molecule has 0 N–H and O–H groups in total. The molecule has 0 aliphatic carbocycles. The Kier molecular flexibility index (Phi) is 4.52. The van der Waals surface area contributed by atoms with E-state index in [-0.39, 0.29) is 17.7 Å². The smallest absolute Gasteiger partial charge is 0.328 e. The Balaban J connectivity index is 1.72. The molecule has 1 fully saturated rings. The lowest BCUT2D eigenvalue weighted by Gasteiger charge is -2.32. The van der Waals surface area contributed by atoms with Gasteiger partial charge >= 0.3 is 5.69 Å². The maximum absolute atomic E-state index is 12.4. The molecule has 3 rings (SSSR count). The highest BCUT2D eigenvalue weighted by molar-refractivity contribution is 5.78. The van der Waals surface area contributed by atoms with E-state index in [1.807, 2.05) is 29.2 Å². The van der Waals surface area contributed by atoms with Gasteiger partial charge in [0, 0.05) is 33.1 Å². The number of aryl methyl sites for hydroxylation is 2. The largest absolute Gasteiger partial charge is 0.375 e. The molecule has 2 heterocycles. The van der Waals surface area contributed by atoms with Crippen molar-refractivity contribution in [2.75, 3.05) is 19.7 Å². The zero-order chi connectivity index (χ0) is 16.4. The predicted octanol–water partition coefficient (Wildman–Crippen LogP) is 1.37. The average molecular weight is 317 g/mol. The van der Waals surface area contributed by atoms with Crippen LogP contribution in [0.4, 0.5) is 0 Å². The van der Waals surface area contributed by atoms with Gasteiger partial charge in [0.05, 0.1) is 23.7 Å². The number of para-hydroxylation sites is 2. The maximum Gasteiger partial charge on any atom is 0.328 e. The Labute approximate surface area is 135 Å². The van der Waals surface area contributed by atoms with Gasteiger partial charge < -0.3 is 9.64 Å². The summed E-state index contributed by atoms with van der Waals surface area (Å²) in [4.78, 5) is 26.6. The predicted molar refractivity (Wildman–Crippen MR) is 88.4 cm³/mol. The number of amides is 1. The van der Waals surface area contributed by atoms with E-state index in [1.54, 1.807) is 16.2 Å². The number of imidazole rings is 1. The highest BCUT2D eigenvalue weighted by Crippen LogP contribution is 2.13. The van der Waals surface area contributed by atoms with Crippen molar-refractivity contribution in [2.45, 2.75) is 32.4 Å². The number of ether oxygens (including phenoxy) is 1. The summed E-state index contributed by atoms with van der Waals surface area (Å²) in [5.41, 5.74) is 1.69. The van der Waals surface area contributed by atoms with Crippen molar-refractivity contribution in [1.82, 2.24) is 14.0 Å². The fourth-order valence-electron chi connectivity index (χ4n) is 3.14. The molecule has 0 saturated carbocycles. The summed E-state index contributed by atoms with van der Waals surface area (Å²) in [5, 5.41) is 0. The summed E-state index contributed by atoms with van der Waals surface area (Å²) in [5.74, 6) is 0.0894. The van der Waals surface area contributed by atoms with E-state index in [9.17, 15) is 9.59 Å². The first-order valence-electron chi connectivity index (χ1n) is 8.15. The summed E-state index contributed by atoms with van der Waals surface area (Å²) >= 11 is 0. The minimum Gasteiger partial charge on any atom is -0.375 e. The fourth-order valence-corrected chi connectivity index (χ4v) is 3.14. The Morgan fingerprint density at radius 2 is 2.04 bits per heavy atom. The first kappa shape index (κ1) is 15.8. The summed E-state index contributed by atoms with van der Waals surface area (Å²) in [6.45, 7) is 4.36. The van der Waals surface area contributed by atoms with Gasteiger partial charge in [-0.3, -0.25) is 13.9 Å². The van der Waals surface area contributed by atoms with E-state index in [4.69, 9.17) is 4.74 Å². The van der Waals surface area contributed by atoms with E-state index in [1.165, 1.54) is 0 Å². The highest BCUT2D eigenvalue weighted by Gasteiger charge is 2.23. The highest BCUT2D eigenvalue weighted by atomic mass is 16.5. The van der Waals surface area contributed by atoms with Gasteiger partial charge in [-0.1, -0.05) is 19.1 Å². The summed E-state index contributed by atoms with van der Waals surface area (Å²) in [6.07, 6.45) is 1.38. The Morgan fingerprint density at radius 3 is 2.78 bits per heavy atom. The number of morpholine rings is 1. The molecule has 6 nitrogen and oxygen atoms in total. The molecule has 23 heavy (non-hydrogen) atoms. The lowest BCUT2D eigenvalue weighted by atomic mass is 10.2. The number of fused-ring (bicyclic) bond motifs is 1. The number of benzene rings is 1. The van der Waals surface area contributed by atoms with Crippen LogP contribution in [0.3, 0.4) is 0 Å². The average Bonchev–Trinajstić information content (AvgIpc) is 2.84. The van der Waals surface area contributed by atoms with Gasteiger partial charge in [-0.15, -0.1) is 0 Å². The van der Waals surface area contributed by atoms with E-state index >= 15 is 0 Å². The van der Waals surface area contributed by atoms with Crippen LogP contribution in [0, 0.1) is 0 Å². The second-order valence-electron chi connectivity index (χ2n) is 5.97. The molecule has 1 aliphatic heterocycles. The number of hydrogen-bond donors (Lipinski definition) is 0. The summed E-state index contributed by atoms with van der Waals surface area (Å²) in [7, 11) is 1.76. The minimum absolute atomic E-state index is 0.0765. The number of rotatable bonds is 4. The van der Waals surface area contributed by atoms with Crippen LogP contribution in [0.5, 0.6) is 0 Å². The lowest BCUT2D eigenvalue weighted by Crippen LogP contribution is -2.45. The second-order valence-corrected chi connectivity index (χ2v) is 5.97. The van der Waals surface area contributed by atoms with Crippen molar-refractivity contribution in [3.8, 4) is 0 Å². The zero-order valence-corrected chi connectivity index (χ0v) is 13.7. The molecule has 1 aromatic heterocycles. The molecular formula is C17H23N3O3. The molecule has 0 bridgehead atoms. The first-order chi connectivity index (χ1) is 11.1. The summed E-state index contributed by atoms with van der Waals surface area (Å²) < 4.78 is 8.91. The van der Waals surface area contributed by atoms with E-state index in [2.05, 4.69) is 6.92 Å². The van der Waals surface area contributed by atoms with Gasteiger partial charge in [-0.2, -0.15) is 0 Å². The van der Waals surface area contributed by atoms with Crippen LogP contribution in [0.25, 0.3) is 11.0 Å². The molecule has 6 heteroatoms. The number of carbonyl (C=O) groups is 1. The van der Waals surface area contributed by atoms with Gasteiger partial charge in [0.15, 0.2) is 0 Å². The van der Waals surface area contributed by atoms with E-state index in [0.717, 1.165) is 17.5 Å². The van der Waals surface area contributed by atoms with E-state index in [0.29, 0.717) is 32.7 Å². The molecule has 124 valence electrons.